The van der Waals surface area contributed by atoms with Gasteiger partial charge in [0.15, 0.2) is 0 Å². The van der Waals surface area contributed by atoms with Crippen molar-refractivity contribution in [3.05, 3.63) is 187 Å². The van der Waals surface area contributed by atoms with Gasteiger partial charge in [0.2, 0.25) is 0 Å². The van der Waals surface area contributed by atoms with Crippen LogP contribution in [0.1, 0.15) is 25.0 Å². The molecule has 5 nitrogen and oxygen atoms in total. The number of aryl methyl sites for hydroxylation is 1. The van der Waals surface area contributed by atoms with E-state index in [9.17, 15) is 0 Å². The van der Waals surface area contributed by atoms with Crippen molar-refractivity contribution in [1.29, 1.82) is 0 Å². The third kappa shape index (κ3) is 8.60. The Morgan fingerprint density at radius 3 is 2.02 bits per heavy atom. The molecule has 0 N–H and O–H groups in total. The molecule has 0 unspecified atom stereocenters. The number of para-hydroxylation sites is 3. The molecule has 4 heterocycles. The van der Waals surface area contributed by atoms with E-state index in [-0.39, 0.29) is 20.1 Å². The summed E-state index contributed by atoms with van der Waals surface area (Å²) in [6.07, 6.45) is 3.27. The van der Waals surface area contributed by atoms with Crippen molar-refractivity contribution in [3.63, 3.8) is 0 Å². The maximum atomic E-state index is 6.13. The molecule has 309 valence electrons. The normalized spacial score (nSPS) is 11.5. The van der Waals surface area contributed by atoms with Gasteiger partial charge in [-0.05, 0) is 47.5 Å². The molecule has 62 heavy (non-hydrogen) atoms. The first-order valence-corrected chi connectivity index (χ1v) is 28.4. The predicted molar refractivity (Wildman–Crippen MR) is 256 cm³/mol. The molecule has 7 heteroatoms. The zero-order chi connectivity index (χ0) is 42.1. The largest absolute Gasteiger partial charge is 0.513 e. The fourth-order valence-electron chi connectivity index (χ4n) is 8.30. The second-order valence-corrected chi connectivity index (χ2v) is 27.6. The molecule has 10 rings (SSSR count). The van der Waals surface area contributed by atoms with Gasteiger partial charge in [0.05, 0.1) is 33.6 Å². The molecule has 6 aromatic carbocycles. The first kappa shape index (κ1) is 42.8. The van der Waals surface area contributed by atoms with E-state index in [1.807, 2.05) is 54.6 Å². The smallest absolute Gasteiger partial charge is 0.119 e. The number of rotatable bonds is 8. The number of aromatic nitrogens is 4. The Morgan fingerprint density at radius 2 is 1.35 bits per heavy atom. The zero-order valence-corrected chi connectivity index (χ0v) is 40.4. The van der Waals surface area contributed by atoms with Gasteiger partial charge in [-0.25, -0.2) is 0 Å². The minimum absolute atomic E-state index is 0. The summed E-state index contributed by atoms with van der Waals surface area (Å²) in [5.74, 6) is 8.73. The van der Waals surface area contributed by atoms with Crippen LogP contribution in [0.25, 0.3) is 83.8 Å². The van der Waals surface area contributed by atoms with Gasteiger partial charge in [-0.1, -0.05) is 103 Å². The van der Waals surface area contributed by atoms with Gasteiger partial charge in [0.25, 0.3) is 0 Å². The van der Waals surface area contributed by atoms with Gasteiger partial charge >= 0.3 is 126 Å². The van der Waals surface area contributed by atoms with Crippen LogP contribution in [0.4, 0.5) is 0 Å². The standard InChI is InChI=1S/C37H24N3O.C18H24GeN.Ir/c1-24-12-10-21-32-34(24)35-33(41-32)23-22-30(38-35)37-39-29-19-8-9-20-31(29)40(37)36-27(25-13-4-2-5-14-25)17-11-18-28(36)26-15-6-3-7-16-26;1-14(2)11-16-12-18(15-9-7-6-8-10-15)20-13-17(16)19(3,4)5;/h2-21,23H,1H3;6-9,12-14H,11H2,1-5H3;/q2*-1;. The first-order valence-electron chi connectivity index (χ1n) is 21.0. The molecular formula is C55H48GeIrN4O-2. The summed E-state index contributed by atoms with van der Waals surface area (Å²) in [6, 6.07) is 60.8. The molecule has 0 bridgehead atoms. The van der Waals surface area contributed by atoms with Crippen molar-refractivity contribution < 1.29 is 24.5 Å². The Kier molecular flexibility index (Phi) is 12.6. The number of benzene rings is 6. The Hall–Kier alpha value is -5.92. The maximum Gasteiger partial charge on any atom is 0.119 e. The molecule has 0 fully saturated rings. The van der Waals surface area contributed by atoms with Gasteiger partial charge < -0.3 is 8.98 Å². The van der Waals surface area contributed by atoms with Crippen LogP contribution >= 0.6 is 0 Å². The van der Waals surface area contributed by atoms with Crippen molar-refractivity contribution in [2.75, 3.05) is 0 Å². The average Bonchev–Trinajstić information content (AvgIpc) is 3.86. The third-order valence-corrected chi connectivity index (χ3v) is 15.4. The summed E-state index contributed by atoms with van der Waals surface area (Å²) in [7, 11) is 0. The van der Waals surface area contributed by atoms with E-state index in [1.165, 1.54) is 5.56 Å². The monoisotopic (exact) mass is 1050 g/mol. The molecule has 0 aliphatic carbocycles. The summed E-state index contributed by atoms with van der Waals surface area (Å²) < 4.78 is 9.92. The fourth-order valence-corrected chi connectivity index (χ4v) is 11.6. The van der Waals surface area contributed by atoms with Crippen LogP contribution in [0.3, 0.4) is 0 Å². The Morgan fingerprint density at radius 1 is 0.694 bits per heavy atom. The molecule has 0 aliphatic rings. The minimum atomic E-state index is -1.86. The van der Waals surface area contributed by atoms with Gasteiger partial charge in [-0.15, -0.1) is 12.1 Å². The number of pyridine rings is 2. The number of imidazole rings is 1. The molecule has 0 atom stereocenters. The van der Waals surface area contributed by atoms with Crippen molar-refractivity contribution in [3.8, 4) is 50.7 Å². The van der Waals surface area contributed by atoms with E-state index in [2.05, 4.69) is 164 Å². The van der Waals surface area contributed by atoms with Gasteiger partial charge in [-0.3, -0.25) is 9.97 Å². The number of hydrogen-bond acceptors (Lipinski definition) is 4. The van der Waals surface area contributed by atoms with E-state index in [0.717, 1.165) is 90.1 Å². The third-order valence-electron chi connectivity index (χ3n) is 11.1. The van der Waals surface area contributed by atoms with Gasteiger partial charge in [-0.2, -0.15) is 0 Å². The number of hydrogen-bond donors (Lipinski definition) is 0. The molecular weight excluding hydrogens is 997 g/mol. The van der Waals surface area contributed by atoms with E-state index in [4.69, 9.17) is 19.4 Å². The van der Waals surface area contributed by atoms with Crippen molar-refractivity contribution in [2.45, 2.75) is 44.5 Å². The first-order chi connectivity index (χ1) is 29.6. The van der Waals surface area contributed by atoms with Gasteiger partial charge in [0, 0.05) is 36.6 Å². The van der Waals surface area contributed by atoms with E-state index < -0.39 is 13.3 Å². The van der Waals surface area contributed by atoms with Crippen LogP contribution in [0.15, 0.2) is 168 Å². The molecule has 0 saturated heterocycles. The van der Waals surface area contributed by atoms with Crippen LogP contribution in [-0.2, 0) is 26.5 Å². The average molecular weight is 1050 g/mol. The molecule has 1 radical (unpaired) electrons. The summed E-state index contributed by atoms with van der Waals surface area (Å²) in [6.45, 7) is 6.66. The molecule has 0 saturated carbocycles. The predicted octanol–water partition coefficient (Wildman–Crippen LogP) is 13.7. The SMILES string of the molecule is CC(C)Cc1cc(-c2[c-]cccc2)nc[c]1[Ge]([CH3])([CH3])[CH3].Cc1cccc2oc3c[c-]c(-c4nc5ccccc5n4-c4c(-c5ccccc5)cccc4-c4ccccc4)nc3c12.[Ir]. The number of fused-ring (bicyclic) bond motifs is 4. The van der Waals surface area contributed by atoms with E-state index >= 15 is 0 Å². The van der Waals surface area contributed by atoms with Crippen LogP contribution in [0.5, 0.6) is 0 Å². The van der Waals surface area contributed by atoms with E-state index in [1.54, 1.807) is 4.40 Å². The number of furan rings is 1. The number of nitrogens with zero attached hydrogens (tertiary/aromatic N) is 4. The van der Waals surface area contributed by atoms with Crippen LogP contribution < -0.4 is 4.40 Å². The Labute approximate surface area is 380 Å². The van der Waals surface area contributed by atoms with Crippen LogP contribution in [0.2, 0.25) is 17.3 Å². The molecule has 0 spiro atoms. The molecule has 10 aromatic rings. The van der Waals surface area contributed by atoms with Crippen LogP contribution in [-0.4, -0.2) is 32.8 Å². The van der Waals surface area contributed by atoms with Crippen molar-refractivity contribution in [1.82, 2.24) is 19.5 Å². The fraction of sp³-hybridized carbons (Fsp3) is 0.145. The second-order valence-electron chi connectivity index (χ2n) is 17.1. The quantitative estimate of drug-likeness (QED) is 0.112. The Balaban J connectivity index is 0.000000214. The topological polar surface area (TPSA) is 56.7 Å². The second kappa shape index (κ2) is 18.2. The maximum absolute atomic E-state index is 6.13. The van der Waals surface area contributed by atoms with Gasteiger partial charge in [0.1, 0.15) is 5.58 Å². The molecule has 4 aromatic heterocycles. The summed E-state index contributed by atoms with van der Waals surface area (Å²) in [5, 5.41) is 1.02. The summed E-state index contributed by atoms with van der Waals surface area (Å²) in [4.78, 5) is 15.0. The van der Waals surface area contributed by atoms with Crippen LogP contribution in [0, 0.1) is 25.0 Å². The summed E-state index contributed by atoms with van der Waals surface area (Å²) in [5.41, 5.74) is 15.2. The summed E-state index contributed by atoms with van der Waals surface area (Å²) >= 11 is -1.86. The Bertz CT molecular complexity index is 3080. The van der Waals surface area contributed by atoms with Crippen molar-refractivity contribution in [2.24, 2.45) is 5.92 Å². The molecule has 0 aliphatic heterocycles. The van der Waals surface area contributed by atoms with Crippen molar-refractivity contribution >= 4 is 50.8 Å². The minimum Gasteiger partial charge on any atom is -0.513 e. The molecule has 0 amide bonds. The zero-order valence-electron chi connectivity index (χ0n) is 35.9. The van der Waals surface area contributed by atoms with E-state index in [0.29, 0.717) is 11.6 Å².